The van der Waals surface area contributed by atoms with Gasteiger partial charge in [0.05, 0.1) is 6.04 Å². The number of furan rings is 1. The van der Waals surface area contributed by atoms with Crippen molar-refractivity contribution in [3.8, 4) is 0 Å². The first-order chi connectivity index (χ1) is 9.54. The molecule has 0 saturated carbocycles. The summed E-state index contributed by atoms with van der Waals surface area (Å²) in [6.45, 7) is 3.90. The van der Waals surface area contributed by atoms with Gasteiger partial charge in [-0.3, -0.25) is 0 Å². The highest BCUT2D eigenvalue weighted by atomic mass is 79.9. The SMILES string of the molecule is Cc1cc(C(N)c2ccc3cc(Br)ccc3c2)c(C)o1. The fraction of sp³-hybridized carbons (Fsp3) is 0.176. The molecular formula is C17H16BrNO. The quantitative estimate of drug-likeness (QED) is 0.729. The second kappa shape index (κ2) is 5.08. The van der Waals surface area contributed by atoms with Crippen LogP contribution in [0.15, 0.2) is 51.4 Å². The van der Waals surface area contributed by atoms with Crippen LogP contribution in [0.25, 0.3) is 10.8 Å². The first-order valence-electron chi connectivity index (χ1n) is 6.56. The van der Waals surface area contributed by atoms with E-state index in [0.29, 0.717) is 0 Å². The Morgan fingerprint density at radius 2 is 1.70 bits per heavy atom. The molecule has 3 aromatic rings. The van der Waals surface area contributed by atoms with Crippen LogP contribution in [-0.2, 0) is 0 Å². The lowest BCUT2D eigenvalue weighted by Crippen LogP contribution is -2.11. The zero-order chi connectivity index (χ0) is 14.3. The van der Waals surface area contributed by atoms with Crippen LogP contribution in [-0.4, -0.2) is 0 Å². The van der Waals surface area contributed by atoms with E-state index in [1.54, 1.807) is 0 Å². The molecular weight excluding hydrogens is 314 g/mol. The van der Waals surface area contributed by atoms with E-state index in [4.69, 9.17) is 10.2 Å². The molecule has 20 heavy (non-hydrogen) atoms. The van der Waals surface area contributed by atoms with Gasteiger partial charge >= 0.3 is 0 Å². The summed E-state index contributed by atoms with van der Waals surface area (Å²) in [5, 5.41) is 2.40. The Hall–Kier alpha value is -1.58. The van der Waals surface area contributed by atoms with Gasteiger partial charge < -0.3 is 10.2 Å². The van der Waals surface area contributed by atoms with E-state index >= 15 is 0 Å². The van der Waals surface area contributed by atoms with Crippen molar-refractivity contribution in [3.63, 3.8) is 0 Å². The molecule has 0 fully saturated rings. The fourth-order valence-electron chi connectivity index (χ4n) is 2.57. The van der Waals surface area contributed by atoms with E-state index in [2.05, 4.69) is 46.3 Å². The minimum atomic E-state index is -0.152. The molecule has 0 bridgehead atoms. The first-order valence-corrected chi connectivity index (χ1v) is 7.35. The third-order valence-corrected chi connectivity index (χ3v) is 4.09. The van der Waals surface area contributed by atoms with Crippen LogP contribution in [0.3, 0.4) is 0 Å². The molecule has 1 unspecified atom stereocenters. The van der Waals surface area contributed by atoms with E-state index in [1.165, 1.54) is 10.8 Å². The largest absolute Gasteiger partial charge is 0.466 e. The highest BCUT2D eigenvalue weighted by Gasteiger charge is 2.15. The Morgan fingerprint density at radius 3 is 2.40 bits per heavy atom. The lowest BCUT2D eigenvalue weighted by atomic mass is 9.97. The Morgan fingerprint density at radius 1 is 1.00 bits per heavy atom. The van der Waals surface area contributed by atoms with Gasteiger partial charge in [-0.05, 0) is 54.4 Å². The number of nitrogens with two attached hydrogens (primary N) is 1. The minimum absolute atomic E-state index is 0.152. The number of aryl methyl sites for hydroxylation is 2. The molecule has 0 radical (unpaired) electrons. The van der Waals surface area contributed by atoms with E-state index in [-0.39, 0.29) is 6.04 Å². The molecule has 102 valence electrons. The molecule has 0 saturated heterocycles. The molecule has 0 aliphatic rings. The van der Waals surface area contributed by atoms with E-state index in [0.717, 1.165) is 27.1 Å². The second-order valence-corrected chi connectivity index (χ2v) is 6.01. The van der Waals surface area contributed by atoms with Crippen molar-refractivity contribution in [1.82, 2.24) is 0 Å². The van der Waals surface area contributed by atoms with Crippen LogP contribution in [0.1, 0.15) is 28.7 Å². The maximum atomic E-state index is 6.38. The van der Waals surface area contributed by atoms with Crippen molar-refractivity contribution in [2.45, 2.75) is 19.9 Å². The Bertz CT molecular complexity index is 776. The lowest BCUT2D eigenvalue weighted by Gasteiger charge is -2.12. The monoisotopic (exact) mass is 329 g/mol. The maximum Gasteiger partial charge on any atom is 0.106 e. The summed E-state index contributed by atoms with van der Waals surface area (Å²) in [7, 11) is 0. The lowest BCUT2D eigenvalue weighted by molar-refractivity contribution is 0.499. The Labute approximate surface area is 126 Å². The van der Waals surface area contributed by atoms with Gasteiger partial charge in [0.2, 0.25) is 0 Å². The second-order valence-electron chi connectivity index (χ2n) is 5.10. The van der Waals surface area contributed by atoms with Crippen LogP contribution in [0.5, 0.6) is 0 Å². The molecule has 0 amide bonds. The summed E-state index contributed by atoms with van der Waals surface area (Å²) in [6.07, 6.45) is 0. The predicted molar refractivity (Wildman–Crippen MR) is 85.9 cm³/mol. The van der Waals surface area contributed by atoms with Gasteiger partial charge in [0.1, 0.15) is 11.5 Å². The van der Waals surface area contributed by atoms with Crippen LogP contribution in [0.2, 0.25) is 0 Å². The molecule has 3 heteroatoms. The number of hydrogen-bond donors (Lipinski definition) is 1. The summed E-state index contributed by atoms with van der Waals surface area (Å²) in [5.41, 5.74) is 8.54. The van der Waals surface area contributed by atoms with Gasteiger partial charge in [0.25, 0.3) is 0 Å². The molecule has 0 aliphatic heterocycles. The average molecular weight is 330 g/mol. The molecule has 0 aliphatic carbocycles. The predicted octanol–water partition coefficient (Wildman–Crippen LogP) is 4.86. The number of rotatable bonds is 2. The summed E-state index contributed by atoms with van der Waals surface area (Å²) in [6, 6.07) is 14.5. The highest BCUT2D eigenvalue weighted by molar-refractivity contribution is 9.10. The molecule has 2 aromatic carbocycles. The third kappa shape index (κ3) is 2.39. The van der Waals surface area contributed by atoms with Gasteiger partial charge in [-0.25, -0.2) is 0 Å². The van der Waals surface area contributed by atoms with Gasteiger partial charge in [-0.1, -0.05) is 34.1 Å². The third-order valence-electron chi connectivity index (χ3n) is 3.60. The van der Waals surface area contributed by atoms with Crippen molar-refractivity contribution in [2.75, 3.05) is 0 Å². The molecule has 2 nitrogen and oxygen atoms in total. The van der Waals surface area contributed by atoms with E-state index < -0.39 is 0 Å². The van der Waals surface area contributed by atoms with Gasteiger partial charge in [0, 0.05) is 10.0 Å². The fourth-order valence-corrected chi connectivity index (χ4v) is 2.95. The minimum Gasteiger partial charge on any atom is -0.466 e. The molecule has 0 spiro atoms. The summed E-state index contributed by atoms with van der Waals surface area (Å²) < 4.78 is 6.66. The smallest absolute Gasteiger partial charge is 0.106 e. The number of hydrogen-bond acceptors (Lipinski definition) is 2. The van der Waals surface area contributed by atoms with Crippen molar-refractivity contribution < 1.29 is 4.42 Å². The van der Waals surface area contributed by atoms with Crippen LogP contribution in [0, 0.1) is 13.8 Å². The van der Waals surface area contributed by atoms with Crippen molar-refractivity contribution in [2.24, 2.45) is 5.73 Å². The maximum absolute atomic E-state index is 6.38. The van der Waals surface area contributed by atoms with E-state index in [1.807, 2.05) is 26.0 Å². The molecule has 1 aromatic heterocycles. The Balaban J connectivity index is 2.05. The average Bonchev–Trinajstić information content (AvgIpc) is 2.76. The normalized spacial score (nSPS) is 12.8. The van der Waals surface area contributed by atoms with Crippen LogP contribution in [0.4, 0.5) is 0 Å². The number of benzene rings is 2. The zero-order valence-electron chi connectivity index (χ0n) is 11.5. The van der Waals surface area contributed by atoms with Crippen molar-refractivity contribution in [3.05, 3.63) is 69.6 Å². The molecule has 2 N–H and O–H groups in total. The number of halogens is 1. The van der Waals surface area contributed by atoms with Gasteiger partial charge in [-0.2, -0.15) is 0 Å². The van der Waals surface area contributed by atoms with Crippen molar-refractivity contribution >= 4 is 26.7 Å². The van der Waals surface area contributed by atoms with Gasteiger partial charge in [0.15, 0.2) is 0 Å². The first kappa shape index (κ1) is 13.4. The van der Waals surface area contributed by atoms with Gasteiger partial charge in [-0.15, -0.1) is 0 Å². The standard InChI is InChI=1S/C17H16BrNO/c1-10-7-16(11(2)20-10)17(19)14-4-3-13-9-15(18)6-5-12(13)8-14/h3-9,17H,19H2,1-2H3. The summed E-state index contributed by atoms with van der Waals surface area (Å²) in [5.74, 6) is 1.79. The summed E-state index contributed by atoms with van der Waals surface area (Å²) >= 11 is 3.49. The zero-order valence-corrected chi connectivity index (χ0v) is 13.1. The van der Waals surface area contributed by atoms with Crippen molar-refractivity contribution in [1.29, 1.82) is 0 Å². The Kier molecular flexibility index (Phi) is 3.40. The van der Waals surface area contributed by atoms with Crippen LogP contribution < -0.4 is 5.73 Å². The summed E-state index contributed by atoms with van der Waals surface area (Å²) in [4.78, 5) is 0. The van der Waals surface area contributed by atoms with E-state index in [9.17, 15) is 0 Å². The highest BCUT2D eigenvalue weighted by Crippen LogP contribution is 2.28. The molecule has 1 atom stereocenters. The van der Waals surface area contributed by atoms with Crippen LogP contribution >= 0.6 is 15.9 Å². The molecule has 3 rings (SSSR count). The molecule has 1 heterocycles. The number of fused-ring (bicyclic) bond motifs is 1. The topological polar surface area (TPSA) is 39.2 Å².